The Morgan fingerprint density at radius 2 is 1.94 bits per heavy atom. The second-order valence-electron chi connectivity index (χ2n) is 7.62. The van der Waals surface area contributed by atoms with Crippen LogP contribution in [0.25, 0.3) is 17.2 Å². The lowest BCUT2D eigenvalue weighted by atomic mass is 10.2. The number of aromatic nitrogens is 4. The number of nitrogens with zero attached hydrogens (tertiary/aromatic N) is 4. The van der Waals surface area contributed by atoms with Crippen LogP contribution in [0.3, 0.4) is 0 Å². The topological polar surface area (TPSA) is 127 Å². The number of ether oxygens (including phenoxy) is 1. The molecule has 35 heavy (non-hydrogen) atoms. The summed E-state index contributed by atoms with van der Waals surface area (Å²) in [6, 6.07) is 16.9. The summed E-state index contributed by atoms with van der Waals surface area (Å²) in [5, 5.41) is 14.8. The zero-order valence-electron chi connectivity index (χ0n) is 18.8. The molecular weight excluding hydrogens is 516 g/mol. The van der Waals surface area contributed by atoms with Gasteiger partial charge in [0.05, 0.1) is 6.54 Å². The maximum atomic E-state index is 12.6. The predicted molar refractivity (Wildman–Crippen MR) is 139 cm³/mol. The van der Waals surface area contributed by atoms with E-state index in [9.17, 15) is 14.7 Å². The van der Waals surface area contributed by atoms with Gasteiger partial charge in [0.15, 0.2) is 11.2 Å². The number of fused-ring (bicyclic) bond motifs is 1. The van der Waals surface area contributed by atoms with Gasteiger partial charge in [0.1, 0.15) is 18.5 Å². The van der Waals surface area contributed by atoms with Crippen LogP contribution in [0.5, 0.6) is 5.75 Å². The minimum atomic E-state index is -0.977. The first-order chi connectivity index (χ1) is 16.9. The molecule has 0 saturated carbocycles. The van der Waals surface area contributed by atoms with Crippen molar-refractivity contribution < 1.29 is 9.84 Å². The molecule has 0 unspecified atom stereocenters. The Labute approximate surface area is 208 Å². The molecule has 1 atom stereocenters. The maximum absolute atomic E-state index is 12.6. The summed E-state index contributed by atoms with van der Waals surface area (Å²) >= 11 is 3.36. The predicted octanol–water partition coefficient (Wildman–Crippen LogP) is 2.74. The Bertz CT molecular complexity index is 1470. The van der Waals surface area contributed by atoms with Crippen LogP contribution in [0.1, 0.15) is 5.56 Å². The number of hydrogen-bond donors (Lipinski definition) is 3. The first-order valence-corrected chi connectivity index (χ1v) is 11.5. The lowest BCUT2D eigenvalue weighted by Crippen LogP contribution is -2.30. The molecule has 2 aromatic carbocycles. The zero-order valence-corrected chi connectivity index (χ0v) is 20.3. The molecule has 3 N–H and O–H groups in total. The first-order valence-electron chi connectivity index (χ1n) is 10.7. The number of aromatic amines is 1. The van der Waals surface area contributed by atoms with E-state index in [2.05, 4.69) is 36.4 Å². The fraction of sp³-hybridized carbons (Fsp3) is 0.167. The van der Waals surface area contributed by atoms with Crippen LogP contribution in [0.2, 0.25) is 0 Å². The number of H-pyrrole nitrogens is 1. The number of halogens is 1. The molecule has 4 rings (SSSR count). The van der Waals surface area contributed by atoms with Crippen LogP contribution in [0, 0.1) is 0 Å². The molecule has 4 aromatic rings. The Hall–Kier alpha value is -3.96. The van der Waals surface area contributed by atoms with Crippen molar-refractivity contribution in [3.8, 4) is 5.75 Å². The highest BCUT2D eigenvalue weighted by atomic mass is 79.9. The molecule has 11 heteroatoms. The number of nitrogens with one attached hydrogen (secondary N) is 2. The van der Waals surface area contributed by atoms with Crippen LogP contribution in [0.15, 0.2) is 79.8 Å². The van der Waals surface area contributed by atoms with Crippen molar-refractivity contribution in [2.75, 3.05) is 12.0 Å². The molecule has 0 saturated heterocycles. The number of hydrazone groups is 1. The van der Waals surface area contributed by atoms with Crippen molar-refractivity contribution in [3.05, 3.63) is 91.5 Å². The van der Waals surface area contributed by atoms with E-state index in [1.807, 2.05) is 48.5 Å². The number of rotatable bonds is 9. The minimum Gasteiger partial charge on any atom is -0.491 e. The highest BCUT2D eigenvalue weighted by Gasteiger charge is 2.19. The smallest absolute Gasteiger partial charge is 0.329 e. The standard InChI is InChI=1S/C24H23BrN6O4/c1-30-21-20(22(33)28-24(30)34)31(14-18(32)15-35-19-11-9-17(25)10-12-19)23(27-21)29-26-13-5-8-16-6-3-2-4-7-16/h2-13,18,32H,14-15H2,1H3,(H,27,29)(H,28,33,34)/b8-5-,26-13+/t18-/m0/s1. The molecular formula is C24H23BrN6O4. The average molecular weight is 539 g/mol. The molecule has 180 valence electrons. The number of aryl methyl sites for hydroxylation is 1. The van der Waals surface area contributed by atoms with Crippen molar-refractivity contribution in [3.63, 3.8) is 0 Å². The van der Waals surface area contributed by atoms with E-state index in [4.69, 9.17) is 4.74 Å². The van der Waals surface area contributed by atoms with Gasteiger partial charge in [-0.25, -0.2) is 10.2 Å². The van der Waals surface area contributed by atoms with E-state index in [0.29, 0.717) is 5.75 Å². The van der Waals surface area contributed by atoms with Crippen LogP contribution in [-0.4, -0.2) is 43.1 Å². The van der Waals surface area contributed by atoms with Crippen molar-refractivity contribution >= 4 is 45.3 Å². The van der Waals surface area contributed by atoms with Gasteiger partial charge in [-0.1, -0.05) is 52.3 Å². The SMILES string of the molecule is Cn1c(=O)[nH]c(=O)c2c1nc(N/N=C/C=C\c1ccccc1)n2C[C@H](O)COc1ccc(Br)cc1. The minimum absolute atomic E-state index is 0.0203. The quantitative estimate of drug-likeness (QED) is 0.222. The number of hydrogen-bond acceptors (Lipinski definition) is 7. The number of imidazole rings is 1. The highest BCUT2D eigenvalue weighted by molar-refractivity contribution is 9.10. The van der Waals surface area contributed by atoms with Crippen molar-refractivity contribution in [1.29, 1.82) is 0 Å². The molecule has 0 amide bonds. The summed E-state index contributed by atoms with van der Waals surface area (Å²) in [5.41, 5.74) is 2.90. The van der Waals surface area contributed by atoms with Gasteiger partial charge in [0.25, 0.3) is 5.56 Å². The first kappa shape index (κ1) is 24.2. The summed E-state index contributed by atoms with van der Waals surface area (Å²) in [7, 11) is 1.50. The van der Waals surface area contributed by atoms with Crippen molar-refractivity contribution in [2.45, 2.75) is 12.6 Å². The summed E-state index contributed by atoms with van der Waals surface area (Å²) < 4.78 is 9.26. The molecule has 0 aliphatic carbocycles. The van der Waals surface area contributed by atoms with Gasteiger partial charge in [-0.15, -0.1) is 0 Å². The second kappa shape index (κ2) is 11.0. The third kappa shape index (κ3) is 5.94. The van der Waals surface area contributed by atoms with E-state index < -0.39 is 17.4 Å². The van der Waals surface area contributed by atoms with E-state index in [-0.39, 0.29) is 30.3 Å². The third-order valence-electron chi connectivity index (χ3n) is 5.07. The molecule has 2 aromatic heterocycles. The monoisotopic (exact) mass is 538 g/mol. The lowest BCUT2D eigenvalue weighted by molar-refractivity contribution is 0.0938. The van der Waals surface area contributed by atoms with E-state index in [1.54, 1.807) is 18.2 Å². The van der Waals surface area contributed by atoms with E-state index >= 15 is 0 Å². The molecule has 0 bridgehead atoms. The fourth-order valence-electron chi connectivity index (χ4n) is 3.34. The summed E-state index contributed by atoms with van der Waals surface area (Å²) in [6.07, 6.45) is 4.19. The molecule has 0 spiro atoms. The van der Waals surface area contributed by atoms with Crippen LogP contribution < -0.4 is 21.4 Å². The van der Waals surface area contributed by atoms with Gasteiger partial charge in [-0.2, -0.15) is 10.1 Å². The zero-order chi connectivity index (χ0) is 24.8. The summed E-state index contributed by atoms with van der Waals surface area (Å²) in [6.45, 7) is -0.0421. The second-order valence-corrected chi connectivity index (χ2v) is 8.53. The number of aliphatic hydroxyl groups excluding tert-OH is 1. The molecule has 0 radical (unpaired) electrons. The summed E-state index contributed by atoms with van der Waals surface area (Å²) in [5.74, 6) is 0.787. The number of allylic oxidation sites excluding steroid dienone is 1. The largest absolute Gasteiger partial charge is 0.491 e. The van der Waals surface area contributed by atoms with Crippen LogP contribution in [-0.2, 0) is 13.6 Å². The summed E-state index contributed by atoms with van der Waals surface area (Å²) in [4.78, 5) is 31.3. The molecule has 10 nitrogen and oxygen atoms in total. The van der Waals surface area contributed by atoms with Gasteiger partial charge in [0.2, 0.25) is 5.95 Å². The van der Waals surface area contributed by atoms with Crippen molar-refractivity contribution in [2.24, 2.45) is 12.1 Å². The van der Waals surface area contributed by atoms with E-state index in [1.165, 1.54) is 22.4 Å². The molecule has 0 aliphatic rings. The Kier molecular flexibility index (Phi) is 7.58. The normalized spacial score (nSPS) is 12.5. The van der Waals surface area contributed by atoms with E-state index in [0.717, 1.165) is 10.0 Å². The third-order valence-corrected chi connectivity index (χ3v) is 5.60. The van der Waals surface area contributed by atoms with Gasteiger partial charge in [-0.05, 0) is 35.9 Å². The maximum Gasteiger partial charge on any atom is 0.329 e. The molecule has 0 aliphatic heterocycles. The average Bonchev–Trinajstić information content (AvgIpc) is 3.21. The molecule has 2 heterocycles. The van der Waals surface area contributed by atoms with Gasteiger partial charge in [0, 0.05) is 17.7 Å². The van der Waals surface area contributed by atoms with Crippen LogP contribution in [0.4, 0.5) is 5.95 Å². The molecule has 0 fully saturated rings. The number of anilines is 1. The van der Waals surface area contributed by atoms with Crippen LogP contribution >= 0.6 is 15.9 Å². The fourth-order valence-corrected chi connectivity index (χ4v) is 3.61. The van der Waals surface area contributed by atoms with Gasteiger partial charge >= 0.3 is 5.69 Å². The highest BCUT2D eigenvalue weighted by Crippen LogP contribution is 2.18. The van der Waals surface area contributed by atoms with Gasteiger partial charge < -0.3 is 14.4 Å². The Balaban J connectivity index is 1.55. The Morgan fingerprint density at radius 3 is 2.69 bits per heavy atom. The number of aliphatic hydroxyl groups is 1. The van der Waals surface area contributed by atoms with Crippen molar-refractivity contribution in [1.82, 2.24) is 19.1 Å². The Morgan fingerprint density at radius 1 is 1.20 bits per heavy atom. The number of benzene rings is 2. The van der Waals surface area contributed by atoms with Gasteiger partial charge in [-0.3, -0.25) is 14.3 Å². The lowest BCUT2D eigenvalue weighted by Gasteiger charge is -2.15.